The van der Waals surface area contributed by atoms with E-state index in [0.29, 0.717) is 0 Å². The number of thiol groups is 1. The third-order valence-electron chi connectivity index (χ3n) is 8.66. The molecule has 0 spiro atoms. The minimum atomic E-state index is 0.143. The van der Waals surface area contributed by atoms with Crippen LogP contribution in [0.3, 0.4) is 0 Å². The first-order valence-electron chi connectivity index (χ1n) is 18.4. The number of unbranched alkanes of at least 4 members (excludes halogenated alkanes) is 30. The Kier molecular flexibility index (Phi) is 37.7. The van der Waals surface area contributed by atoms with Crippen LogP contribution in [0.15, 0.2) is 0 Å². The van der Waals surface area contributed by atoms with Crippen LogP contribution in [0.1, 0.15) is 219 Å². The normalized spacial score (nSPS) is 12.0. The molecule has 0 N–H and O–H groups in total. The van der Waals surface area contributed by atoms with E-state index >= 15 is 0 Å². The van der Waals surface area contributed by atoms with Crippen molar-refractivity contribution >= 4 is 28.9 Å². The summed E-state index contributed by atoms with van der Waals surface area (Å²) in [4.78, 5) is 0. The Morgan fingerprint density at radius 1 is 0.308 bits per heavy atom. The van der Waals surface area contributed by atoms with Gasteiger partial charge >= 0.3 is 0 Å². The first-order valence-corrected chi connectivity index (χ1v) is 22.8. The van der Waals surface area contributed by atoms with E-state index < -0.39 is 0 Å². The first kappa shape index (κ1) is 39.9. The summed E-state index contributed by atoms with van der Waals surface area (Å²) in [6.45, 7) is 5.92. The smallest absolute Gasteiger partial charge is 0.0208 e. The minimum Gasteiger partial charge on any atom is -0.200 e. The Hall–Kier alpha value is 0.870. The van der Waals surface area contributed by atoms with Crippen molar-refractivity contribution in [3.05, 3.63) is 0 Å². The van der Waals surface area contributed by atoms with E-state index in [-0.39, 0.29) is 10.5 Å². The lowest BCUT2D eigenvalue weighted by Crippen LogP contribution is -1.91. The van der Waals surface area contributed by atoms with E-state index in [2.05, 4.69) is 13.8 Å². The fourth-order valence-corrected chi connectivity index (χ4v) is 10.3. The summed E-state index contributed by atoms with van der Waals surface area (Å²) in [5, 5.41) is 0. The lowest BCUT2D eigenvalue weighted by Gasteiger charge is -2.15. The summed E-state index contributed by atoms with van der Waals surface area (Å²) >= 11 is 5.49. The fraction of sp³-hybridized carbons (Fsp3) is 1.00. The molecule has 0 aliphatic carbocycles. The zero-order valence-electron chi connectivity index (χ0n) is 27.3. The van der Waals surface area contributed by atoms with Crippen molar-refractivity contribution < 1.29 is 0 Å². The Labute approximate surface area is 258 Å². The molecule has 0 saturated carbocycles. The zero-order valence-corrected chi connectivity index (χ0v) is 29.9. The molecule has 0 aromatic carbocycles. The fourth-order valence-electron chi connectivity index (χ4n) is 5.88. The van der Waals surface area contributed by atoms with Gasteiger partial charge in [-0.25, -0.2) is 0 Å². The lowest BCUT2D eigenvalue weighted by atomic mass is 10.0. The van der Waals surface area contributed by atoms with Crippen molar-refractivity contribution in [1.29, 1.82) is 0 Å². The van der Waals surface area contributed by atoms with Gasteiger partial charge in [0.2, 0.25) is 0 Å². The Balaban J connectivity index is 3.25. The highest BCUT2D eigenvalue weighted by Gasteiger charge is 2.02. The molecular weight excluding hydrogens is 528 g/mol. The number of rotatable bonds is 35. The first-order chi connectivity index (χ1) is 19.3. The molecule has 0 radical (unpaired) electrons. The molecule has 3 heteroatoms. The van der Waals surface area contributed by atoms with Crippen LogP contribution in [0.2, 0.25) is 0 Å². The minimum absolute atomic E-state index is 0.143. The Morgan fingerprint density at radius 3 is 0.667 bits per heavy atom. The molecule has 0 aliphatic heterocycles. The molecule has 0 bridgehead atoms. The number of hydrogen-bond donors (Lipinski definition) is 1. The van der Waals surface area contributed by atoms with Gasteiger partial charge in [0.05, 0.1) is 0 Å². The standard InChI is InChI=1S/C36H75PS2/c1-3-5-7-9-11-13-15-17-19-21-23-25-27-29-31-33-35-39(37-38)36-34-32-30-28-26-24-22-20-18-16-14-12-10-8-6-4-2/h39H,3-36H2,1-2H3. The molecule has 0 saturated heterocycles. The van der Waals surface area contributed by atoms with Gasteiger partial charge in [-0.3, -0.25) is 0 Å². The van der Waals surface area contributed by atoms with Crippen molar-refractivity contribution in [3.63, 3.8) is 0 Å². The van der Waals surface area contributed by atoms with Gasteiger partial charge in [0.15, 0.2) is 0 Å². The summed E-state index contributed by atoms with van der Waals surface area (Å²) in [6.07, 6.45) is 46.9. The van der Waals surface area contributed by atoms with Crippen LogP contribution in [0, 0.1) is 0 Å². The quantitative estimate of drug-likeness (QED) is 0.0428. The molecule has 0 nitrogen and oxygen atoms in total. The van der Waals surface area contributed by atoms with Crippen LogP contribution in [-0.2, 0) is 11.8 Å². The van der Waals surface area contributed by atoms with Gasteiger partial charge in [-0.05, 0) is 36.2 Å². The van der Waals surface area contributed by atoms with Gasteiger partial charge < -0.3 is 0 Å². The Bertz CT molecular complexity index is 406. The second-order valence-corrected chi connectivity index (χ2v) is 18.4. The van der Waals surface area contributed by atoms with E-state index in [9.17, 15) is 0 Å². The predicted octanol–water partition coefficient (Wildman–Crippen LogP) is 14.8. The van der Waals surface area contributed by atoms with Crippen LogP contribution >= 0.6 is 17.1 Å². The summed E-state index contributed by atoms with van der Waals surface area (Å²) in [5.74, 6) is 2.91. The van der Waals surface area contributed by atoms with Crippen molar-refractivity contribution in [2.75, 3.05) is 11.5 Å². The van der Waals surface area contributed by atoms with Crippen LogP contribution in [0.25, 0.3) is 0 Å². The third-order valence-corrected chi connectivity index (χ3v) is 14.5. The van der Waals surface area contributed by atoms with Crippen molar-refractivity contribution in [3.8, 4) is 0 Å². The van der Waals surface area contributed by atoms with Crippen molar-refractivity contribution in [2.24, 2.45) is 0 Å². The van der Waals surface area contributed by atoms with Crippen LogP contribution in [0.4, 0.5) is 0 Å². The highest BCUT2D eigenvalue weighted by Crippen LogP contribution is 2.41. The molecule has 0 fully saturated rings. The monoisotopic (exact) mass is 603 g/mol. The highest BCUT2D eigenvalue weighted by atomic mass is 32.9. The average molecular weight is 603 g/mol. The van der Waals surface area contributed by atoms with Crippen molar-refractivity contribution in [2.45, 2.75) is 219 Å². The topological polar surface area (TPSA) is 0 Å². The molecule has 0 atom stereocenters. The molecule has 0 aromatic rings. The van der Waals surface area contributed by atoms with Crippen LogP contribution < -0.4 is 0 Å². The van der Waals surface area contributed by atoms with Gasteiger partial charge in [-0.15, -0.1) is 0 Å². The van der Waals surface area contributed by atoms with Gasteiger partial charge in [-0.2, -0.15) is 10.5 Å². The van der Waals surface area contributed by atoms with E-state index in [0.717, 1.165) is 0 Å². The molecule has 39 heavy (non-hydrogen) atoms. The van der Waals surface area contributed by atoms with Crippen molar-refractivity contribution in [1.82, 2.24) is 0 Å². The maximum atomic E-state index is 5.49. The van der Waals surface area contributed by atoms with Crippen LogP contribution in [-0.4, -0.2) is 11.5 Å². The molecule has 0 aliphatic rings. The zero-order chi connectivity index (χ0) is 28.3. The third kappa shape index (κ3) is 35.0. The van der Waals surface area contributed by atoms with Gasteiger partial charge in [0.25, 0.3) is 0 Å². The molecule has 0 aromatic heterocycles. The number of hydrogen-bond acceptors (Lipinski definition) is 1. The summed E-state index contributed by atoms with van der Waals surface area (Å²) in [7, 11) is 0.143. The lowest BCUT2D eigenvalue weighted by molar-refractivity contribution is 0.531. The SMILES string of the molecule is CCCCCCCCCCCCCCCCCC[SH](CCCCCCCCCCCCCCCCCC)P=S. The molecular formula is C36H75PS2. The molecule has 236 valence electrons. The second-order valence-electron chi connectivity index (χ2n) is 12.6. The maximum Gasteiger partial charge on any atom is 0.0208 e. The summed E-state index contributed by atoms with van der Waals surface area (Å²) in [5.41, 5.74) is 0. The molecule has 0 amide bonds. The van der Waals surface area contributed by atoms with E-state index in [4.69, 9.17) is 11.8 Å². The molecule has 0 unspecified atom stereocenters. The van der Waals surface area contributed by atoms with Gasteiger partial charge in [0, 0.05) is 6.56 Å². The maximum absolute atomic E-state index is 5.49. The molecule has 0 rings (SSSR count). The van der Waals surface area contributed by atoms with Gasteiger partial charge in [0.1, 0.15) is 0 Å². The predicted molar refractivity (Wildman–Crippen MR) is 192 cm³/mol. The van der Waals surface area contributed by atoms with E-state index in [1.54, 1.807) is 0 Å². The average Bonchev–Trinajstić information content (AvgIpc) is 2.95. The van der Waals surface area contributed by atoms with Crippen LogP contribution in [0.5, 0.6) is 0 Å². The largest absolute Gasteiger partial charge is 0.200 e. The summed E-state index contributed by atoms with van der Waals surface area (Å²) < 4.78 is 0. The summed E-state index contributed by atoms with van der Waals surface area (Å²) in [6, 6.07) is 0. The highest BCUT2D eigenvalue weighted by molar-refractivity contribution is 8.67. The molecule has 0 heterocycles. The van der Waals surface area contributed by atoms with E-state index in [1.165, 1.54) is 224 Å². The van der Waals surface area contributed by atoms with E-state index in [1.807, 2.05) is 0 Å². The Morgan fingerprint density at radius 2 is 0.487 bits per heavy atom. The second kappa shape index (κ2) is 36.9. The van der Waals surface area contributed by atoms with Gasteiger partial charge in [-0.1, -0.05) is 206 Å².